The van der Waals surface area contributed by atoms with Crippen molar-refractivity contribution in [2.45, 2.75) is 58.0 Å². The van der Waals surface area contributed by atoms with E-state index in [-0.39, 0.29) is 6.04 Å². The fourth-order valence-corrected chi connectivity index (χ4v) is 2.81. The molecule has 0 aliphatic heterocycles. The van der Waals surface area contributed by atoms with Crippen molar-refractivity contribution in [3.05, 3.63) is 17.0 Å². The Morgan fingerprint density at radius 1 is 1.44 bits per heavy atom. The quantitative estimate of drug-likeness (QED) is 0.824. The zero-order valence-electron chi connectivity index (χ0n) is 11.4. The van der Waals surface area contributed by atoms with Crippen LogP contribution in [0.5, 0.6) is 0 Å². The largest absolute Gasteiger partial charge is 0.368 e. The van der Waals surface area contributed by atoms with Gasteiger partial charge in [-0.3, -0.25) is 9.48 Å². The fraction of sp³-hybridized carbons (Fsp3) is 0.692. The maximum absolute atomic E-state index is 11.5. The Morgan fingerprint density at radius 2 is 2.11 bits per heavy atom. The Morgan fingerprint density at radius 3 is 2.61 bits per heavy atom. The predicted octanol–water partition coefficient (Wildman–Crippen LogP) is 1.11. The van der Waals surface area contributed by atoms with Crippen molar-refractivity contribution in [1.82, 2.24) is 9.78 Å². The smallest absolute Gasteiger partial charge is 0.237 e. The molecular weight excluding hydrogens is 228 g/mol. The minimum Gasteiger partial charge on any atom is -0.368 e. The van der Waals surface area contributed by atoms with E-state index in [4.69, 9.17) is 11.5 Å². The lowest BCUT2D eigenvalue weighted by Crippen LogP contribution is -2.55. The number of carbonyl (C=O) groups is 1. The number of aromatic nitrogens is 2. The minimum atomic E-state index is -0.872. The van der Waals surface area contributed by atoms with Crippen molar-refractivity contribution in [3.63, 3.8) is 0 Å². The van der Waals surface area contributed by atoms with Gasteiger partial charge in [-0.05, 0) is 52.0 Å². The summed E-state index contributed by atoms with van der Waals surface area (Å²) >= 11 is 0. The molecule has 0 spiro atoms. The molecule has 18 heavy (non-hydrogen) atoms. The second kappa shape index (κ2) is 4.39. The number of aryl methyl sites for hydroxylation is 1. The van der Waals surface area contributed by atoms with Crippen molar-refractivity contribution >= 4 is 5.91 Å². The van der Waals surface area contributed by atoms with Crippen molar-refractivity contribution in [2.24, 2.45) is 11.5 Å². The number of amides is 1. The summed E-state index contributed by atoms with van der Waals surface area (Å²) in [5.74, 6) is -0.398. The van der Waals surface area contributed by atoms with E-state index in [2.05, 4.69) is 18.9 Å². The molecule has 1 aliphatic carbocycles. The lowest BCUT2D eigenvalue weighted by Gasteiger charge is -2.35. The summed E-state index contributed by atoms with van der Waals surface area (Å²) in [6, 6.07) is 0.184. The molecule has 5 nitrogen and oxygen atoms in total. The molecule has 1 aliphatic rings. The van der Waals surface area contributed by atoms with E-state index in [0.29, 0.717) is 12.8 Å². The molecule has 4 N–H and O–H groups in total. The second-order valence-electron chi connectivity index (χ2n) is 5.51. The van der Waals surface area contributed by atoms with Gasteiger partial charge in [0.25, 0.3) is 0 Å². The lowest BCUT2D eigenvalue weighted by molar-refractivity contribution is -0.124. The lowest BCUT2D eigenvalue weighted by atomic mass is 9.79. The first-order valence-corrected chi connectivity index (χ1v) is 6.46. The number of hydrogen-bond acceptors (Lipinski definition) is 3. The van der Waals surface area contributed by atoms with E-state index in [1.165, 1.54) is 5.56 Å². The van der Waals surface area contributed by atoms with Crippen LogP contribution in [0.3, 0.4) is 0 Å². The number of nitrogens with zero attached hydrogens (tertiary/aromatic N) is 2. The molecule has 0 aromatic carbocycles. The highest BCUT2D eigenvalue weighted by molar-refractivity contribution is 5.84. The molecular formula is C13H22N4O. The number of nitrogens with two attached hydrogens (primary N) is 2. The number of rotatable bonds is 2. The molecule has 0 radical (unpaired) electrons. The van der Waals surface area contributed by atoms with E-state index in [0.717, 1.165) is 24.2 Å². The highest BCUT2D eigenvalue weighted by Gasteiger charge is 2.39. The van der Waals surface area contributed by atoms with Crippen LogP contribution in [0.4, 0.5) is 0 Å². The van der Waals surface area contributed by atoms with Crippen LogP contribution in [0, 0.1) is 20.8 Å². The van der Waals surface area contributed by atoms with Crippen LogP contribution < -0.4 is 11.5 Å². The van der Waals surface area contributed by atoms with Gasteiger partial charge in [-0.15, -0.1) is 0 Å². The molecule has 0 bridgehead atoms. The van der Waals surface area contributed by atoms with Crippen molar-refractivity contribution < 1.29 is 4.79 Å². The average Bonchev–Trinajstić information content (AvgIpc) is 2.57. The summed E-state index contributed by atoms with van der Waals surface area (Å²) in [5, 5.41) is 4.57. The molecule has 1 heterocycles. The average molecular weight is 250 g/mol. The summed E-state index contributed by atoms with van der Waals surface area (Å²) in [6.07, 6.45) is 3.19. The van der Waals surface area contributed by atoms with Crippen LogP contribution >= 0.6 is 0 Å². The first-order chi connectivity index (χ1) is 8.35. The minimum absolute atomic E-state index is 0.184. The monoisotopic (exact) mass is 250 g/mol. The van der Waals surface area contributed by atoms with Gasteiger partial charge in [0, 0.05) is 5.69 Å². The molecule has 2 unspecified atom stereocenters. The Hall–Kier alpha value is -1.36. The van der Waals surface area contributed by atoms with Gasteiger partial charge in [-0.2, -0.15) is 5.10 Å². The SMILES string of the molecule is Cc1nn(C2CCCC(N)(C(N)=O)C2)c(C)c1C. The van der Waals surface area contributed by atoms with Gasteiger partial charge in [0.2, 0.25) is 5.91 Å². The van der Waals surface area contributed by atoms with E-state index >= 15 is 0 Å². The summed E-state index contributed by atoms with van der Waals surface area (Å²) in [6.45, 7) is 6.14. The van der Waals surface area contributed by atoms with Crippen molar-refractivity contribution in [2.75, 3.05) is 0 Å². The second-order valence-corrected chi connectivity index (χ2v) is 5.51. The molecule has 5 heteroatoms. The summed E-state index contributed by atoms with van der Waals surface area (Å²) in [7, 11) is 0. The number of hydrogen-bond donors (Lipinski definition) is 2. The van der Waals surface area contributed by atoms with Gasteiger partial charge in [0.05, 0.1) is 17.3 Å². The topological polar surface area (TPSA) is 86.9 Å². The molecule has 2 atom stereocenters. The highest BCUT2D eigenvalue weighted by Crippen LogP contribution is 2.34. The summed E-state index contributed by atoms with van der Waals surface area (Å²) < 4.78 is 2.02. The van der Waals surface area contributed by atoms with Gasteiger partial charge >= 0.3 is 0 Å². The molecule has 1 fully saturated rings. The first kappa shape index (κ1) is 13.1. The van der Waals surface area contributed by atoms with Crippen LogP contribution in [-0.4, -0.2) is 21.2 Å². The van der Waals surface area contributed by atoms with E-state index in [1.807, 2.05) is 11.6 Å². The Balaban J connectivity index is 2.29. The number of carbonyl (C=O) groups excluding carboxylic acids is 1. The van der Waals surface area contributed by atoms with Crippen LogP contribution in [0.15, 0.2) is 0 Å². The predicted molar refractivity (Wildman–Crippen MR) is 70.1 cm³/mol. The molecule has 2 rings (SSSR count). The third-order valence-electron chi connectivity index (χ3n) is 4.28. The van der Waals surface area contributed by atoms with E-state index in [1.54, 1.807) is 0 Å². The highest BCUT2D eigenvalue weighted by atomic mass is 16.1. The fourth-order valence-electron chi connectivity index (χ4n) is 2.81. The van der Waals surface area contributed by atoms with Crippen LogP contribution in [0.25, 0.3) is 0 Å². The van der Waals surface area contributed by atoms with Gasteiger partial charge in [-0.1, -0.05) is 0 Å². The maximum Gasteiger partial charge on any atom is 0.237 e. The molecule has 1 aromatic rings. The summed E-state index contributed by atoms with van der Waals surface area (Å²) in [4.78, 5) is 11.5. The van der Waals surface area contributed by atoms with Crippen LogP contribution in [-0.2, 0) is 4.79 Å². The van der Waals surface area contributed by atoms with E-state index in [9.17, 15) is 4.79 Å². The van der Waals surface area contributed by atoms with Gasteiger partial charge < -0.3 is 11.5 Å². The molecule has 100 valence electrons. The van der Waals surface area contributed by atoms with E-state index < -0.39 is 11.4 Å². The van der Waals surface area contributed by atoms with Crippen LogP contribution in [0.1, 0.15) is 48.7 Å². The molecule has 0 saturated heterocycles. The van der Waals surface area contributed by atoms with Crippen molar-refractivity contribution in [3.8, 4) is 0 Å². The maximum atomic E-state index is 11.5. The van der Waals surface area contributed by atoms with Gasteiger partial charge in [-0.25, -0.2) is 0 Å². The Bertz CT molecular complexity index is 480. The third-order valence-corrected chi connectivity index (χ3v) is 4.28. The third kappa shape index (κ3) is 2.03. The number of primary amides is 1. The zero-order valence-corrected chi connectivity index (χ0v) is 11.4. The summed E-state index contributed by atoms with van der Waals surface area (Å²) in [5.41, 5.74) is 14.1. The molecule has 1 amide bonds. The van der Waals surface area contributed by atoms with Crippen LogP contribution in [0.2, 0.25) is 0 Å². The Labute approximate surface area is 108 Å². The van der Waals surface area contributed by atoms with Crippen molar-refractivity contribution in [1.29, 1.82) is 0 Å². The van der Waals surface area contributed by atoms with Gasteiger partial charge in [0.1, 0.15) is 0 Å². The first-order valence-electron chi connectivity index (χ1n) is 6.46. The van der Waals surface area contributed by atoms with Gasteiger partial charge in [0.15, 0.2) is 0 Å². The molecule has 1 saturated carbocycles. The zero-order chi connectivity index (χ0) is 13.5. The molecule has 1 aromatic heterocycles. The standard InChI is InChI=1S/C13H22N4O/c1-8-9(2)16-17(10(8)3)11-5-4-6-13(15,7-11)12(14)18/h11H,4-7,15H2,1-3H3,(H2,14,18). The normalized spacial score (nSPS) is 28.3. The Kier molecular flexibility index (Phi) is 3.19.